The van der Waals surface area contributed by atoms with Gasteiger partial charge in [-0.2, -0.15) is 0 Å². The fraction of sp³-hybridized carbons (Fsp3) is 0.294. The SMILES string of the molecule is CC1(C)Cc2cc(C(N)c3ccccc3Br)ccc2O1. The Kier molecular flexibility index (Phi) is 3.35. The predicted molar refractivity (Wildman–Crippen MR) is 85.0 cm³/mol. The highest BCUT2D eigenvalue weighted by molar-refractivity contribution is 9.10. The second kappa shape index (κ2) is 4.90. The monoisotopic (exact) mass is 331 g/mol. The Morgan fingerprint density at radius 3 is 2.70 bits per heavy atom. The molecule has 3 heteroatoms. The summed E-state index contributed by atoms with van der Waals surface area (Å²) in [6.07, 6.45) is 0.929. The van der Waals surface area contributed by atoms with Gasteiger partial charge in [0.25, 0.3) is 0 Å². The Labute approximate surface area is 128 Å². The van der Waals surface area contributed by atoms with Gasteiger partial charge < -0.3 is 10.5 Å². The number of hydrogen-bond acceptors (Lipinski definition) is 2. The van der Waals surface area contributed by atoms with Crippen molar-refractivity contribution in [3.8, 4) is 5.75 Å². The summed E-state index contributed by atoms with van der Waals surface area (Å²) in [6.45, 7) is 4.22. The van der Waals surface area contributed by atoms with Crippen molar-refractivity contribution < 1.29 is 4.74 Å². The van der Waals surface area contributed by atoms with Gasteiger partial charge in [0.1, 0.15) is 11.4 Å². The molecule has 0 spiro atoms. The van der Waals surface area contributed by atoms with E-state index in [1.807, 2.05) is 24.3 Å². The molecular weight excluding hydrogens is 314 g/mol. The Hall–Kier alpha value is -1.32. The minimum Gasteiger partial charge on any atom is -0.487 e. The summed E-state index contributed by atoms with van der Waals surface area (Å²) in [4.78, 5) is 0. The maximum absolute atomic E-state index is 6.41. The molecule has 2 aromatic carbocycles. The molecule has 0 aromatic heterocycles. The van der Waals surface area contributed by atoms with Crippen molar-refractivity contribution in [3.63, 3.8) is 0 Å². The summed E-state index contributed by atoms with van der Waals surface area (Å²) >= 11 is 3.57. The fourth-order valence-electron chi connectivity index (χ4n) is 2.73. The molecule has 0 radical (unpaired) electrons. The number of rotatable bonds is 2. The molecule has 0 bridgehead atoms. The van der Waals surface area contributed by atoms with Gasteiger partial charge in [0.15, 0.2) is 0 Å². The van der Waals surface area contributed by atoms with E-state index in [0.717, 1.165) is 27.8 Å². The van der Waals surface area contributed by atoms with Crippen molar-refractivity contribution in [2.24, 2.45) is 5.73 Å². The van der Waals surface area contributed by atoms with Crippen LogP contribution >= 0.6 is 15.9 Å². The summed E-state index contributed by atoms with van der Waals surface area (Å²) in [7, 11) is 0. The van der Waals surface area contributed by atoms with Gasteiger partial charge in [0.2, 0.25) is 0 Å². The molecule has 3 rings (SSSR count). The van der Waals surface area contributed by atoms with Crippen LogP contribution in [-0.2, 0) is 6.42 Å². The lowest BCUT2D eigenvalue weighted by Crippen LogP contribution is -2.24. The van der Waals surface area contributed by atoms with Crippen LogP contribution in [0.1, 0.15) is 36.6 Å². The van der Waals surface area contributed by atoms with Gasteiger partial charge in [-0.3, -0.25) is 0 Å². The molecule has 2 aromatic rings. The number of benzene rings is 2. The van der Waals surface area contributed by atoms with E-state index in [9.17, 15) is 0 Å². The molecule has 0 amide bonds. The van der Waals surface area contributed by atoms with E-state index in [-0.39, 0.29) is 11.6 Å². The molecule has 20 heavy (non-hydrogen) atoms. The van der Waals surface area contributed by atoms with Gasteiger partial charge in [-0.15, -0.1) is 0 Å². The molecule has 0 saturated heterocycles. The first-order chi connectivity index (χ1) is 9.46. The minimum atomic E-state index is -0.125. The van der Waals surface area contributed by atoms with Gasteiger partial charge in [0.05, 0.1) is 6.04 Å². The quantitative estimate of drug-likeness (QED) is 0.894. The fourth-order valence-corrected chi connectivity index (χ4v) is 3.26. The first kappa shape index (κ1) is 13.7. The Morgan fingerprint density at radius 2 is 1.95 bits per heavy atom. The largest absolute Gasteiger partial charge is 0.487 e. The molecule has 1 aliphatic heterocycles. The van der Waals surface area contributed by atoms with E-state index in [0.29, 0.717) is 0 Å². The van der Waals surface area contributed by atoms with Crippen LogP contribution in [0.4, 0.5) is 0 Å². The molecule has 104 valence electrons. The van der Waals surface area contributed by atoms with Crippen LogP contribution in [0.5, 0.6) is 5.75 Å². The van der Waals surface area contributed by atoms with Crippen molar-refractivity contribution in [1.82, 2.24) is 0 Å². The van der Waals surface area contributed by atoms with Crippen LogP contribution in [0, 0.1) is 0 Å². The Bertz CT molecular complexity index is 651. The van der Waals surface area contributed by atoms with E-state index in [2.05, 4.69) is 48.0 Å². The highest BCUT2D eigenvalue weighted by atomic mass is 79.9. The van der Waals surface area contributed by atoms with Gasteiger partial charge in [0, 0.05) is 10.9 Å². The van der Waals surface area contributed by atoms with Crippen molar-refractivity contribution in [2.45, 2.75) is 31.9 Å². The minimum absolute atomic E-state index is 0.113. The Balaban J connectivity index is 1.95. The second-order valence-electron chi connectivity index (χ2n) is 5.90. The lowest BCUT2D eigenvalue weighted by Gasteiger charge is -2.16. The van der Waals surface area contributed by atoms with Crippen LogP contribution in [0.15, 0.2) is 46.9 Å². The third kappa shape index (κ3) is 2.48. The van der Waals surface area contributed by atoms with Gasteiger partial charge in [-0.25, -0.2) is 0 Å². The summed E-state index contributed by atoms with van der Waals surface area (Å²) in [6, 6.07) is 14.2. The number of ether oxygens (including phenoxy) is 1. The van der Waals surface area contributed by atoms with Crippen LogP contribution in [0.2, 0.25) is 0 Å². The first-order valence-corrected chi connectivity index (χ1v) is 7.57. The molecule has 1 atom stereocenters. The molecule has 1 heterocycles. The zero-order valence-electron chi connectivity index (χ0n) is 11.7. The highest BCUT2D eigenvalue weighted by Crippen LogP contribution is 2.37. The normalized spacial score (nSPS) is 17.4. The molecule has 2 nitrogen and oxygen atoms in total. The zero-order chi connectivity index (χ0) is 14.3. The van der Waals surface area contributed by atoms with E-state index in [1.54, 1.807) is 0 Å². The van der Waals surface area contributed by atoms with Crippen LogP contribution in [0.25, 0.3) is 0 Å². The van der Waals surface area contributed by atoms with E-state index < -0.39 is 0 Å². The zero-order valence-corrected chi connectivity index (χ0v) is 13.3. The third-order valence-electron chi connectivity index (χ3n) is 3.69. The number of nitrogens with two attached hydrogens (primary N) is 1. The first-order valence-electron chi connectivity index (χ1n) is 6.78. The summed E-state index contributed by atoms with van der Waals surface area (Å²) < 4.78 is 6.95. The summed E-state index contributed by atoms with van der Waals surface area (Å²) in [5, 5.41) is 0. The maximum atomic E-state index is 6.41. The summed E-state index contributed by atoms with van der Waals surface area (Å²) in [5.41, 5.74) is 9.77. The van der Waals surface area contributed by atoms with Gasteiger partial charge in [-0.1, -0.05) is 46.3 Å². The molecule has 1 unspecified atom stereocenters. The van der Waals surface area contributed by atoms with Crippen molar-refractivity contribution in [1.29, 1.82) is 0 Å². The summed E-state index contributed by atoms with van der Waals surface area (Å²) in [5.74, 6) is 0.984. The van der Waals surface area contributed by atoms with Crippen molar-refractivity contribution in [3.05, 3.63) is 63.6 Å². The molecule has 1 aliphatic rings. The number of fused-ring (bicyclic) bond motifs is 1. The molecule has 0 fully saturated rings. The molecule has 0 saturated carbocycles. The molecule has 2 N–H and O–H groups in total. The smallest absolute Gasteiger partial charge is 0.123 e. The average molecular weight is 332 g/mol. The standard InChI is InChI=1S/C17H18BrNO/c1-17(2)10-12-9-11(7-8-15(12)20-17)16(19)13-5-3-4-6-14(13)18/h3-9,16H,10,19H2,1-2H3. The number of halogens is 1. The van der Waals surface area contributed by atoms with Gasteiger partial charge >= 0.3 is 0 Å². The van der Waals surface area contributed by atoms with Crippen LogP contribution in [0.3, 0.4) is 0 Å². The lowest BCUT2D eigenvalue weighted by atomic mass is 9.95. The van der Waals surface area contributed by atoms with Crippen LogP contribution < -0.4 is 10.5 Å². The molecule has 0 aliphatic carbocycles. The van der Waals surface area contributed by atoms with Crippen LogP contribution in [-0.4, -0.2) is 5.60 Å². The average Bonchev–Trinajstić information content (AvgIpc) is 2.71. The van der Waals surface area contributed by atoms with Gasteiger partial charge in [-0.05, 0) is 42.7 Å². The Morgan fingerprint density at radius 1 is 1.20 bits per heavy atom. The maximum Gasteiger partial charge on any atom is 0.123 e. The van der Waals surface area contributed by atoms with Crippen molar-refractivity contribution in [2.75, 3.05) is 0 Å². The molecular formula is C17H18BrNO. The second-order valence-corrected chi connectivity index (χ2v) is 6.76. The van der Waals surface area contributed by atoms with E-state index in [4.69, 9.17) is 10.5 Å². The number of hydrogen-bond donors (Lipinski definition) is 1. The predicted octanol–water partition coefficient (Wildman–Crippen LogP) is 4.21. The third-order valence-corrected chi connectivity index (χ3v) is 4.41. The highest BCUT2D eigenvalue weighted by Gasteiger charge is 2.30. The lowest BCUT2D eigenvalue weighted by molar-refractivity contribution is 0.138. The van der Waals surface area contributed by atoms with E-state index in [1.165, 1.54) is 5.56 Å². The van der Waals surface area contributed by atoms with Crippen molar-refractivity contribution >= 4 is 15.9 Å². The van der Waals surface area contributed by atoms with E-state index >= 15 is 0 Å². The topological polar surface area (TPSA) is 35.2 Å².